The topological polar surface area (TPSA) is 111 Å². The van der Waals surface area contributed by atoms with Gasteiger partial charge in [0.05, 0.1) is 5.92 Å². The van der Waals surface area contributed by atoms with Crippen LogP contribution in [0.15, 0.2) is 54.6 Å². The highest BCUT2D eigenvalue weighted by atomic mass is 16.5. The van der Waals surface area contributed by atoms with Crippen LogP contribution in [0.5, 0.6) is 0 Å². The van der Waals surface area contributed by atoms with Gasteiger partial charge >= 0.3 is 0 Å². The molecule has 2 aliphatic heterocycles. The van der Waals surface area contributed by atoms with Crippen LogP contribution in [-0.2, 0) is 20.8 Å². The van der Waals surface area contributed by atoms with Gasteiger partial charge in [0.1, 0.15) is 12.6 Å². The van der Waals surface area contributed by atoms with Crippen molar-refractivity contribution in [3.63, 3.8) is 0 Å². The summed E-state index contributed by atoms with van der Waals surface area (Å²) in [5, 5.41) is 15.1. The zero-order valence-electron chi connectivity index (χ0n) is 21.9. The number of carbonyl (C=O) groups is 3. The molecule has 3 atom stereocenters. The van der Waals surface area contributed by atoms with E-state index in [-0.39, 0.29) is 24.2 Å². The molecule has 0 spiro atoms. The van der Waals surface area contributed by atoms with Crippen LogP contribution in [-0.4, -0.2) is 52.9 Å². The molecule has 2 aromatic rings. The van der Waals surface area contributed by atoms with Gasteiger partial charge in [0.2, 0.25) is 23.4 Å². The molecule has 1 unspecified atom stereocenters. The number of aryl methyl sites for hydroxylation is 1. The number of carbonyl (C=O) groups excluding carboxylic acids is 3. The van der Waals surface area contributed by atoms with Crippen molar-refractivity contribution in [3.05, 3.63) is 65.7 Å². The average molecular weight is 520 g/mol. The quantitative estimate of drug-likeness (QED) is 0.243. The third kappa shape index (κ3) is 7.51. The van der Waals surface area contributed by atoms with E-state index in [1.165, 1.54) is 5.69 Å². The zero-order valence-corrected chi connectivity index (χ0v) is 21.9. The van der Waals surface area contributed by atoms with Gasteiger partial charge < -0.3 is 10.6 Å². The lowest BCUT2D eigenvalue weighted by Crippen LogP contribution is -2.49. The van der Waals surface area contributed by atoms with Crippen molar-refractivity contribution in [2.75, 3.05) is 13.1 Å². The monoisotopic (exact) mass is 519 g/mol. The van der Waals surface area contributed by atoms with Gasteiger partial charge in [0.25, 0.3) is 0 Å². The van der Waals surface area contributed by atoms with Gasteiger partial charge in [0, 0.05) is 36.9 Å². The summed E-state index contributed by atoms with van der Waals surface area (Å²) < 4.78 is 2.28. The van der Waals surface area contributed by atoms with Crippen LogP contribution in [0.1, 0.15) is 68.4 Å². The van der Waals surface area contributed by atoms with Gasteiger partial charge in [-0.1, -0.05) is 55.0 Å². The number of amides is 3. The summed E-state index contributed by atoms with van der Waals surface area (Å²) in [4.78, 5) is 38.7. The molecule has 0 aromatic heterocycles. The molecule has 0 saturated carbocycles. The molecule has 8 nitrogen and oxygen atoms in total. The van der Waals surface area contributed by atoms with Crippen molar-refractivity contribution < 1.29 is 24.2 Å². The van der Waals surface area contributed by atoms with E-state index >= 15 is 0 Å². The van der Waals surface area contributed by atoms with Gasteiger partial charge in [-0.25, -0.2) is 10.1 Å². The second kappa shape index (κ2) is 13.9. The number of nitrogens with zero attached hydrogens (tertiary/aromatic N) is 1. The minimum Gasteiger partial charge on any atom is -0.354 e. The number of rotatable bonds is 8. The predicted octanol–water partition coefficient (Wildman–Crippen LogP) is 3.60. The Kier molecular flexibility index (Phi) is 10.0. The largest absolute Gasteiger partial charge is 0.354 e. The van der Waals surface area contributed by atoms with Crippen molar-refractivity contribution in [3.8, 4) is 0 Å². The van der Waals surface area contributed by atoms with Crippen LogP contribution < -0.4 is 16.1 Å². The normalized spacial score (nSPS) is 20.4. The van der Waals surface area contributed by atoms with Crippen LogP contribution in [0.3, 0.4) is 0 Å². The highest BCUT2D eigenvalue weighted by Crippen LogP contribution is 2.34. The maximum atomic E-state index is 13.5. The minimum absolute atomic E-state index is 0.000254. The number of hydrogen-bond acceptors (Lipinski definition) is 4. The number of hydrogen-bond donors (Lipinski definition) is 4. The fourth-order valence-corrected chi connectivity index (χ4v) is 5.49. The van der Waals surface area contributed by atoms with Crippen LogP contribution in [0.4, 0.5) is 5.69 Å². The lowest BCUT2D eigenvalue weighted by Gasteiger charge is -2.23. The molecule has 0 aliphatic carbocycles. The standard InChI is InChI=1S/C30H38N4O4/c35-28(33-38)20-23(14-10-13-22-11-4-3-5-12-22)29(36)32-26-19-24-21-34(27-16-7-6-15-25(24)27)18-9-2-1-8-17-31-30(26)37/h3-7,11-12,15-16,21,23-24,26H,1-2,8-10,13-14,17-20H2,(H3-,31,32,33,35,36,37,38)/p+1/t23-,24?,26+/m1/s1. The molecular weight excluding hydrogens is 480 g/mol. The molecule has 0 fully saturated rings. The van der Waals surface area contributed by atoms with Gasteiger partial charge in [-0.05, 0) is 44.1 Å². The van der Waals surface area contributed by atoms with E-state index in [1.54, 1.807) is 5.48 Å². The minimum atomic E-state index is -0.730. The number of fused-ring (bicyclic) bond motifs is 4. The molecule has 2 heterocycles. The molecule has 4 N–H and O–H groups in total. The molecule has 4 rings (SSSR count). The van der Waals surface area contributed by atoms with E-state index in [4.69, 9.17) is 5.21 Å². The lowest BCUT2D eigenvalue weighted by molar-refractivity contribution is -0.433. The van der Waals surface area contributed by atoms with E-state index in [2.05, 4.69) is 33.6 Å². The van der Waals surface area contributed by atoms with Crippen molar-refractivity contribution in [1.82, 2.24) is 16.1 Å². The third-order valence-electron chi connectivity index (χ3n) is 7.54. The number of nitrogens with one attached hydrogen (secondary N) is 3. The summed E-state index contributed by atoms with van der Waals surface area (Å²) in [5.74, 6) is -1.80. The Bertz CT molecular complexity index is 1130. The zero-order chi connectivity index (χ0) is 26.7. The molecule has 2 bridgehead atoms. The van der Waals surface area contributed by atoms with E-state index in [0.717, 1.165) is 49.8 Å². The summed E-state index contributed by atoms with van der Waals surface area (Å²) in [6, 6.07) is 17.5. The molecule has 8 heteroatoms. The Morgan fingerprint density at radius 2 is 1.79 bits per heavy atom. The number of para-hydroxylation sites is 1. The Labute approximate surface area is 224 Å². The molecule has 2 aliphatic rings. The van der Waals surface area contributed by atoms with E-state index < -0.39 is 17.9 Å². The maximum absolute atomic E-state index is 13.5. The van der Waals surface area contributed by atoms with E-state index in [0.29, 0.717) is 25.8 Å². The van der Waals surface area contributed by atoms with E-state index in [1.807, 2.05) is 42.5 Å². The molecule has 38 heavy (non-hydrogen) atoms. The molecule has 202 valence electrons. The first-order chi connectivity index (χ1) is 18.5. The number of benzene rings is 2. The summed E-state index contributed by atoms with van der Waals surface area (Å²) in [6.45, 7) is 1.51. The maximum Gasteiger partial charge on any atom is 0.244 e. The van der Waals surface area contributed by atoms with Gasteiger partial charge in [-0.15, -0.1) is 0 Å². The first kappa shape index (κ1) is 27.5. The Morgan fingerprint density at radius 3 is 2.61 bits per heavy atom. The summed E-state index contributed by atoms with van der Waals surface area (Å²) in [6.07, 6.45) is 8.56. The molecule has 0 radical (unpaired) electrons. The average Bonchev–Trinajstić information content (AvgIpc) is 3.29. The van der Waals surface area contributed by atoms with Gasteiger partial charge in [0.15, 0.2) is 6.21 Å². The Hall–Kier alpha value is -3.52. The third-order valence-corrected chi connectivity index (χ3v) is 7.54. The Balaban J connectivity index is 1.49. The second-order valence-corrected chi connectivity index (χ2v) is 10.3. The molecule has 3 amide bonds. The second-order valence-electron chi connectivity index (χ2n) is 10.3. The fourth-order valence-electron chi connectivity index (χ4n) is 5.49. The van der Waals surface area contributed by atoms with Crippen LogP contribution in [0.25, 0.3) is 0 Å². The molecule has 2 aromatic carbocycles. The fraction of sp³-hybridized carbons (Fsp3) is 0.467. The molecule has 0 saturated heterocycles. The van der Waals surface area contributed by atoms with Crippen molar-refractivity contribution in [1.29, 1.82) is 0 Å². The van der Waals surface area contributed by atoms with Gasteiger partial charge in [-0.3, -0.25) is 19.6 Å². The van der Waals surface area contributed by atoms with Crippen molar-refractivity contribution in [2.45, 2.75) is 69.7 Å². The first-order valence-electron chi connectivity index (χ1n) is 13.8. The lowest BCUT2D eigenvalue weighted by atomic mass is 9.91. The Morgan fingerprint density at radius 1 is 1.03 bits per heavy atom. The van der Waals surface area contributed by atoms with E-state index in [9.17, 15) is 14.4 Å². The van der Waals surface area contributed by atoms with Crippen LogP contribution in [0.2, 0.25) is 0 Å². The highest BCUT2D eigenvalue weighted by molar-refractivity contribution is 5.91. The molecular formula is C30H39N4O4+. The summed E-state index contributed by atoms with van der Waals surface area (Å²) >= 11 is 0. The summed E-state index contributed by atoms with van der Waals surface area (Å²) in [5.41, 5.74) is 5.14. The van der Waals surface area contributed by atoms with Crippen LogP contribution >= 0.6 is 0 Å². The van der Waals surface area contributed by atoms with Gasteiger partial charge in [-0.2, -0.15) is 0 Å². The van der Waals surface area contributed by atoms with Crippen molar-refractivity contribution in [2.24, 2.45) is 5.92 Å². The smallest absolute Gasteiger partial charge is 0.244 e. The number of hydroxylamine groups is 1. The first-order valence-corrected chi connectivity index (χ1v) is 13.8. The SMILES string of the molecule is O=C(C[C@@H](CCCc1ccccc1)C(=O)N[C@H]1CC2C=[N+](CCCCCCNC1=O)c1ccccc12)NO. The van der Waals surface area contributed by atoms with Crippen LogP contribution in [0, 0.1) is 5.92 Å². The predicted molar refractivity (Wildman–Crippen MR) is 145 cm³/mol. The summed E-state index contributed by atoms with van der Waals surface area (Å²) in [7, 11) is 0. The van der Waals surface area contributed by atoms with Crippen molar-refractivity contribution >= 4 is 29.6 Å². The highest BCUT2D eigenvalue weighted by Gasteiger charge is 2.35.